The van der Waals surface area contributed by atoms with Crippen LogP contribution in [0.2, 0.25) is 0 Å². The molecule has 0 atom stereocenters. The maximum atomic E-state index is 12.8. The standard InChI is InChI=1S/C17H26N2O/c1-17(2,14-8-6-5-7-9-14)16(20)19-12-10-15(11-13-19)18(3)4/h5-9,15H,10-13H2,1-4H3. The number of nitrogens with zero attached hydrogens (tertiary/aromatic N) is 2. The number of piperidine rings is 1. The van der Waals surface area contributed by atoms with E-state index in [9.17, 15) is 4.79 Å². The monoisotopic (exact) mass is 274 g/mol. The highest BCUT2D eigenvalue weighted by Gasteiger charge is 2.35. The number of hydrogen-bond donors (Lipinski definition) is 0. The molecule has 20 heavy (non-hydrogen) atoms. The fourth-order valence-electron chi connectivity index (χ4n) is 2.96. The Bertz CT molecular complexity index is 445. The summed E-state index contributed by atoms with van der Waals surface area (Å²) in [7, 11) is 4.24. The molecule has 2 rings (SSSR count). The molecule has 0 bridgehead atoms. The van der Waals surface area contributed by atoms with E-state index in [0.717, 1.165) is 31.5 Å². The van der Waals surface area contributed by atoms with E-state index in [2.05, 4.69) is 19.0 Å². The molecule has 1 aliphatic heterocycles. The first-order valence-electron chi connectivity index (χ1n) is 7.44. The summed E-state index contributed by atoms with van der Waals surface area (Å²) in [5.74, 6) is 0.251. The number of benzene rings is 1. The van der Waals surface area contributed by atoms with E-state index >= 15 is 0 Å². The van der Waals surface area contributed by atoms with Crippen LogP contribution in [0.25, 0.3) is 0 Å². The van der Waals surface area contributed by atoms with Crippen LogP contribution in [0.4, 0.5) is 0 Å². The topological polar surface area (TPSA) is 23.6 Å². The van der Waals surface area contributed by atoms with Crippen molar-refractivity contribution in [2.75, 3.05) is 27.2 Å². The molecule has 1 saturated heterocycles. The number of amides is 1. The number of hydrogen-bond acceptors (Lipinski definition) is 2. The zero-order chi connectivity index (χ0) is 14.8. The minimum Gasteiger partial charge on any atom is -0.342 e. The van der Waals surface area contributed by atoms with Crippen LogP contribution in [0.1, 0.15) is 32.3 Å². The Labute approximate surface area is 122 Å². The average molecular weight is 274 g/mol. The van der Waals surface area contributed by atoms with Crippen molar-refractivity contribution in [3.63, 3.8) is 0 Å². The van der Waals surface area contributed by atoms with Crippen molar-refractivity contribution in [2.24, 2.45) is 0 Å². The van der Waals surface area contributed by atoms with Gasteiger partial charge in [0.25, 0.3) is 0 Å². The molecule has 0 aliphatic carbocycles. The molecule has 0 unspecified atom stereocenters. The number of carbonyl (C=O) groups is 1. The van der Waals surface area contributed by atoms with Crippen LogP contribution in [0.15, 0.2) is 30.3 Å². The highest BCUT2D eigenvalue weighted by atomic mass is 16.2. The molecular weight excluding hydrogens is 248 g/mol. The van der Waals surface area contributed by atoms with Gasteiger partial charge in [-0.1, -0.05) is 30.3 Å². The summed E-state index contributed by atoms with van der Waals surface area (Å²) in [4.78, 5) is 17.1. The molecular formula is C17H26N2O. The number of likely N-dealkylation sites (tertiary alicyclic amines) is 1. The van der Waals surface area contributed by atoms with E-state index in [4.69, 9.17) is 0 Å². The predicted octanol–water partition coefficient (Wildman–Crippen LogP) is 2.52. The predicted molar refractivity (Wildman–Crippen MR) is 82.8 cm³/mol. The van der Waals surface area contributed by atoms with Crippen molar-refractivity contribution in [1.82, 2.24) is 9.80 Å². The fraction of sp³-hybridized carbons (Fsp3) is 0.588. The Balaban J connectivity index is 2.05. The molecule has 110 valence electrons. The summed E-state index contributed by atoms with van der Waals surface area (Å²) in [6.07, 6.45) is 2.15. The van der Waals surface area contributed by atoms with Crippen LogP contribution in [0.5, 0.6) is 0 Å². The molecule has 0 saturated carbocycles. The first kappa shape index (κ1) is 15.0. The van der Waals surface area contributed by atoms with E-state index < -0.39 is 5.41 Å². The van der Waals surface area contributed by atoms with Gasteiger partial charge in [0, 0.05) is 19.1 Å². The third-order valence-corrected chi connectivity index (χ3v) is 4.51. The Kier molecular flexibility index (Phi) is 4.48. The normalized spacial score (nSPS) is 17.6. The van der Waals surface area contributed by atoms with Gasteiger partial charge in [-0.3, -0.25) is 4.79 Å². The fourth-order valence-corrected chi connectivity index (χ4v) is 2.96. The third-order valence-electron chi connectivity index (χ3n) is 4.51. The molecule has 1 fully saturated rings. The molecule has 3 heteroatoms. The number of carbonyl (C=O) groups excluding carboxylic acids is 1. The van der Waals surface area contributed by atoms with Gasteiger partial charge >= 0.3 is 0 Å². The van der Waals surface area contributed by atoms with E-state index in [1.807, 2.05) is 49.1 Å². The second-order valence-corrected chi connectivity index (χ2v) is 6.48. The van der Waals surface area contributed by atoms with Crippen LogP contribution in [-0.4, -0.2) is 48.9 Å². The van der Waals surface area contributed by atoms with Crippen LogP contribution in [-0.2, 0) is 10.2 Å². The Morgan fingerprint density at radius 2 is 1.70 bits per heavy atom. The second kappa shape index (κ2) is 5.96. The largest absolute Gasteiger partial charge is 0.342 e. The summed E-state index contributed by atoms with van der Waals surface area (Å²) in [6.45, 7) is 5.81. The molecule has 0 N–H and O–H groups in total. The zero-order valence-corrected chi connectivity index (χ0v) is 13.1. The van der Waals surface area contributed by atoms with Crippen LogP contribution in [0, 0.1) is 0 Å². The summed E-state index contributed by atoms with van der Waals surface area (Å²) < 4.78 is 0. The van der Waals surface area contributed by atoms with Crippen molar-refractivity contribution in [1.29, 1.82) is 0 Å². The van der Waals surface area contributed by atoms with Crippen molar-refractivity contribution in [3.8, 4) is 0 Å². The Morgan fingerprint density at radius 3 is 2.20 bits per heavy atom. The molecule has 1 aromatic carbocycles. The lowest BCUT2D eigenvalue weighted by molar-refractivity contribution is -0.137. The van der Waals surface area contributed by atoms with E-state index in [1.54, 1.807) is 0 Å². The van der Waals surface area contributed by atoms with Gasteiger partial charge in [-0.15, -0.1) is 0 Å². The van der Waals surface area contributed by atoms with Crippen molar-refractivity contribution < 1.29 is 4.79 Å². The summed E-state index contributed by atoms with van der Waals surface area (Å²) in [5.41, 5.74) is 0.659. The molecule has 0 spiro atoms. The van der Waals surface area contributed by atoms with Crippen molar-refractivity contribution in [3.05, 3.63) is 35.9 Å². The van der Waals surface area contributed by atoms with E-state index in [0.29, 0.717) is 6.04 Å². The first-order chi connectivity index (χ1) is 9.43. The highest BCUT2D eigenvalue weighted by Crippen LogP contribution is 2.27. The maximum Gasteiger partial charge on any atom is 0.232 e. The molecule has 1 amide bonds. The van der Waals surface area contributed by atoms with Gasteiger partial charge in [0.05, 0.1) is 5.41 Å². The van der Waals surface area contributed by atoms with Gasteiger partial charge in [-0.2, -0.15) is 0 Å². The van der Waals surface area contributed by atoms with Crippen LogP contribution >= 0.6 is 0 Å². The zero-order valence-electron chi connectivity index (χ0n) is 13.1. The van der Waals surface area contributed by atoms with Crippen LogP contribution < -0.4 is 0 Å². The van der Waals surface area contributed by atoms with Gasteiger partial charge in [0.2, 0.25) is 5.91 Å². The van der Waals surface area contributed by atoms with Gasteiger partial charge in [-0.05, 0) is 46.3 Å². The van der Waals surface area contributed by atoms with Gasteiger partial charge < -0.3 is 9.80 Å². The molecule has 0 aromatic heterocycles. The summed E-state index contributed by atoms with van der Waals surface area (Å²) in [5, 5.41) is 0. The van der Waals surface area contributed by atoms with Crippen molar-refractivity contribution in [2.45, 2.75) is 38.1 Å². The molecule has 1 aromatic rings. The first-order valence-corrected chi connectivity index (χ1v) is 7.44. The van der Waals surface area contributed by atoms with Crippen molar-refractivity contribution >= 4 is 5.91 Å². The van der Waals surface area contributed by atoms with Crippen LogP contribution in [0.3, 0.4) is 0 Å². The SMILES string of the molecule is CN(C)C1CCN(C(=O)C(C)(C)c2ccccc2)CC1. The summed E-state index contributed by atoms with van der Waals surface area (Å²) >= 11 is 0. The minimum atomic E-state index is -0.438. The lowest BCUT2D eigenvalue weighted by atomic mass is 9.82. The smallest absolute Gasteiger partial charge is 0.232 e. The minimum absolute atomic E-state index is 0.251. The van der Waals surface area contributed by atoms with Gasteiger partial charge in [0.15, 0.2) is 0 Å². The third kappa shape index (κ3) is 3.04. The lowest BCUT2D eigenvalue weighted by Gasteiger charge is -2.39. The lowest BCUT2D eigenvalue weighted by Crippen LogP contribution is -2.49. The molecule has 1 heterocycles. The summed E-state index contributed by atoms with van der Waals surface area (Å²) in [6, 6.07) is 10.7. The van der Waals surface area contributed by atoms with E-state index in [1.165, 1.54) is 0 Å². The average Bonchev–Trinajstić information content (AvgIpc) is 2.47. The van der Waals surface area contributed by atoms with E-state index in [-0.39, 0.29) is 5.91 Å². The van der Waals surface area contributed by atoms with Gasteiger partial charge in [0.1, 0.15) is 0 Å². The number of rotatable bonds is 3. The molecule has 3 nitrogen and oxygen atoms in total. The van der Waals surface area contributed by atoms with Gasteiger partial charge in [-0.25, -0.2) is 0 Å². The Morgan fingerprint density at radius 1 is 1.15 bits per heavy atom. The highest BCUT2D eigenvalue weighted by molar-refractivity contribution is 5.87. The second-order valence-electron chi connectivity index (χ2n) is 6.48. The molecule has 1 aliphatic rings. The quantitative estimate of drug-likeness (QED) is 0.845. The molecule has 0 radical (unpaired) electrons. The maximum absolute atomic E-state index is 12.8. The Hall–Kier alpha value is -1.35.